The summed E-state index contributed by atoms with van der Waals surface area (Å²) >= 11 is 0. The fraction of sp³-hybridized carbons (Fsp3) is 0.519. The van der Waals surface area contributed by atoms with Gasteiger partial charge in [-0.3, -0.25) is 9.59 Å². The Morgan fingerprint density at radius 2 is 1.89 bits per heavy atom. The fourth-order valence-corrected chi connectivity index (χ4v) is 4.68. The highest BCUT2D eigenvalue weighted by Crippen LogP contribution is 2.26. The lowest BCUT2D eigenvalue weighted by molar-refractivity contribution is -0.129. The highest BCUT2D eigenvalue weighted by atomic mass is 16.3. The van der Waals surface area contributed by atoms with E-state index >= 15 is 0 Å². The molecule has 1 aromatic heterocycles. The Morgan fingerprint density at radius 3 is 2.54 bits per heavy atom. The number of hydrogen-bond acceptors (Lipinski definition) is 8. The molecule has 4 rings (SSSR count). The number of amides is 2. The highest BCUT2D eigenvalue weighted by molar-refractivity contribution is 5.95. The van der Waals surface area contributed by atoms with Gasteiger partial charge in [-0.25, -0.2) is 4.98 Å². The van der Waals surface area contributed by atoms with Crippen molar-refractivity contribution in [1.82, 2.24) is 15.2 Å². The van der Waals surface area contributed by atoms with E-state index < -0.39 is 6.10 Å². The third kappa shape index (κ3) is 7.11. The van der Waals surface area contributed by atoms with Gasteiger partial charge in [0.1, 0.15) is 17.4 Å². The van der Waals surface area contributed by atoms with Gasteiger partial charge in [0.25, 0.3) is 5.91 Å². The molecule has 2 amide bonds. The molecule has 1 saturated carbocycles. The minimum absolute atomic E-state index is 0.0660. The Labute approximate surface area is 217 Å². The first kappa shape index (κ1) is 26.7. The van der Waals surface area contributed by atoms with E-state index in [0.717, 1.165) is 24.0 Å². The van der Waals surface area contributed by atoms with Crippen molar-refractivity contribution >= 4 is 23.5 Å². The van der Waals surface area contributed by atoms with Crippen LogP contribution in [-0.4, -0.2) is 76.8 Å². The molecule has 1 atom stereocenters. The molecule has 2 aliphatic rings. The number of carbonyl (C=O) groups is 2. The molecule has 1 aliphatic carbocycles. The number of anilines is 2. The third-order valence-corrected chi connectivity index (χ3v) is 7.24. The summed E-state index contributed by atoms with van der Waals surface area (Å²) in [5, 5.41) is 26.4. The molecule has 2 aromatic rings. The number of aliphatic hydroxyl groups is 1. The molecule has 1 aromatic carbocycles. The van der Waals surface area contributed by atoms with Crippen molar-refractivity contribution in [3.05, 3.63) is 47.0 Å². The van der Waals surface area contributed by atoms with E-state index in [1.807, 2.05) is 11.0 Å². The number of pyridine rings is 1. The minimum atomic E-state index is -0.725. The number of aliphatic hydroxyl groups excluding tert-OH is 1. The van der Waals surface area contributed by atoms with Crippen LogP contribution in [0.2, 0.25) is 0 Å². The smallest absolute Gasteiger partial charge is 0.251 e. The number of phenolic OH excluding ortho intramolecular Hbond substituents is 1. The van der Waals surface area contributed by atoms with Crippen LogP contribution < -0.4 is 21.3 Å². The van der Waals surface area contributed by atoms with Crippen LogP contribution in [-0.2, 0) is 17.8 Å². The topological polar surface area (TPSA) is 144 Å². The number of benzene rings is 1. The van der Waals surface area contributed by atoms with E-state index in [2.05, 4.69) is 15.5 Å². The largest absolute Gasteiger partial charge is 0.508 e. The predicted octanol–water partition coefficient (Wildman–Crippen LogP) is 1.60. The van der Waals surface area contributed by atoms with Crippen molar-refractivity contribution in [3.63, 3.8) is 0 Å². The number of aryl methyl sites for hydroxylation is 1. The summed E-state index contributed by atoms with van der Waals surface area (Å²) in [6.07, 6.45) is 3.68. The second kappa shape index (κ2) is 12.2. The average molecular weight is 511 g/mol. The van der Waals surface area contributed by atoms with Crippen LogP contribution in [0.3, 0.4) is 0 Å². The minimum Gasteiger partial charge on any atom is -0.508 e. The molecule has 6 N–H and O–H groups in total. The van der Waals surface area contributed by atoms with Crippen LogP contribution in [0.4, 0.5) is 11.6 Å². The van der Waals surface area contributed by atoms with Gasteiger partial charge in [-0.2, -0.15) is 0 Å². The normalized spacial score (nSPS) is 16.7. The standard InChI is InChI=1S/C27H38N6O4/c1-18(34)32-9-11-33(12-10-32)26-15-20(14-25(31-26)30-22-3-2-4-22)27(37)29-17-24(36)8-6-19-5-7-23(35)13-21(19)16-28/h5,7,13-15,22,24,35-36H,2-4,6,8-12,16-17,28H2,1H3,(H,29,37)(H,30,31)/t24-/m0/s1. The van der Waals surface area contributed by atoms with Crippen molar-refractivity contribution in [2.75, 3.05) is 42.9 Å². The lowest BCUT2D eigenvalue weighted by Crippen LogP contribution is -2.48. The molecule has 2 heterocycles. The van der Waals surface area contributed by atoms with E-state index in [0.29, 0.717) is 68.8 Å². The molecule has 37 heavy (non-hydrogen) atoms. The average Bonchev–Trinajstić information content (AvgIpc) is 2.88. The number of nitrogens with two attached hydrogens (primary N) is 1. The Morgan fingerprint density at radius 1 is 1.14 bits per heavy atom. The first-order valence-corrected chi connectivity index (χ1v) is 13.1. The zero-order valence-electron chi connectivity index (χ0n) is 21.4. The van der Waals surface area contributed by atoms with Crippen molar-refractivity contribution in [2.45, 2.75) is 57.7 Å². The number of hydrogen-bond donors (Lipinski definition) is 5. The molecule has 0 spiro atoms. The second-order valence-corrected chi connectivity index (χ2v) is 9.92. The van der Waals surface area contributed by atoms with Crippen LogP contribution in [0.1, 0.15) is 54.1 Å². The zero-order chi connectivity index (χ0) is 26.4. The lowest BCUT2D eigenvalue weighted by atomic mass is 9.93. The van der Waals surface area contributed by atoms with Gasteiger partial charge < -0.3 is 36.4 Å². The molecule has 1 saturated heterocycles. The van der Waals surface area contributed by atoms with E-state index in [9.17, 15) is 19.8 Å². The van der Waals surface area contributed by atoms with Gasteiger partial charge in [-0.05, 0) is 67.5 Å². The van der Waals surface area contributed by atoms with Crippen molar-refractivity contribution < 1.29 is 19.8 Å². The van der Waals surface area contributed by atoms with Crippen molar-refractivity contribution in [2.24, 2.45) is 5.73 Å². The van der Waals surface area contributed by atoms with Gasteiger partial charge in [0.2, 0.25) is 5.91 Å². The molecular formula is C27H38N6O4. The number of aromatic hydroxyl groups is 1. The summed E-state index contributed by atoms with van der Waals surface area (Å²) in [7, 11) is 0. The highest BCUT2D eigenvalue weighted by Gasteiger charge is 2.23. The molecule has 0 unspecified atom stereocenters. The van der Waals surface area contributed by atoms with Gasteiger partial charge in [-0.15, -0.1) is 0 Å². The monoisotopic (exact) mass is 510 g/mol. The summed E-state index contributed by atoms with van der Waals surface area (Å²) in [4.78, 5) is 33.4. The predicted molar refractivity (Wildman–Crippen MR) is 143 cm³/mol. The van der Waals surface area contributed by atoms with E-state index in [1.165, 1.54) is 6.42 Å². The summed E-state index contributed by atoms with van der Waals surface area (Å²) < 4.78 is 0. The van der Waals surface area contributed by atoms with Gasteiger partial charge >= 0.3 is 0 Å². The second-order valence-electron chi connectivity index (χ2n) is 9.92. The van der Waals surface area contributed by atoms with Crippen molar-refractivity contribution in [3.8, 4) is 5.75 Å². The molecule has 10 nitrogen and oxygen atoms in total. The summed E-state index contributed by atoms with van der Waals surface area (Å²) in [6, 6.07) is 8.97. The molecule has 0 radical (unpaired) electrons. The van der Waals surface area contributed by atoms with E-state index in [4.69, 9.17) is 10.7 Å². The molecule has 0 bridgehead atoms. The van der Waals surface area contributed by atoms with Gasteiger partial charge in [0.15, 0.2) is 0 Å². The summed E-state index contributed by atoms with van der Waals surface area (Å²) in [5.41, 5.74) is 8.07. The molecule has 1 aliphatic heterocycles. The number of nitrogens with zero attached hydrogens (tertiary/aromatic N) is 3. The van der Waals surface area contributed by atoms with Crippen LogP contribution in [0, 0.1) is 0 Å². The molecule has 200 valence electrons. The fourth-order valence-electron chi connectivity index (χ4n) is 4.68. The first-order valence-electron chi connectivity index (χ1n) is 13.1. The molecular weight excluding hydrogens is 472 g/mol. The summed E-state index contributed by atoms with van der Waals surface area (Å²) in [6.45, 7) is 4.56. The zero-order valence-corrected chi connectivity index (χ0v) is 21.4. The van der Waals surface area contributed by atoms with Crippen LogP contribution >= 0.6 is 0 Å². The number of piperazine rings is 1. The number of carbonyl (C=O) groups excluding carboxylic acids is 2. The Balaban J connectivity index is 1.38. The number of phenols is 1. The Hall–Kier alpha value is -3.37. The quantitative estimate of drug-likeness (QED) is 0.324. The van der Waals surface area contributed by atoms with Crippen LogP contribution in [0.15, 0.2) is 30.3 Å². The maximum Gasteiger partial charge on any atom is 0.251 e. The van der Waals surface area contributed by atoms with Crippen LogP contribution in [0.25, 0.3) is 0 Å². The lowest BCUT2D eigenvalue weighted by Gasteiger charge is -2.35. The maximum atomic E-state index is 13.1. The van der Waals surface area contributed by atoms with Gasteiger partial charge in [-0.1, -0.05) is 6.07 Å². The Kier molecular flexibility index (Phi) is 8.83. The maximum absolute atomic E-state index is 13.1. The summed E-state index contributed by atoms with van der Waals surface area (Å²) in [5.74, 6) is 1.34. The molecule has 10 heteroatoms. The number of nitrogens with one attached hydrogen (secondary N) is 2. The third-order valence-electron chi connectivity index (χ3n) is 7.24. The SMILES string of the molecule is CC(=O)N1CCN(c2cc(C(=O)NC[C@@H](O)CCc3ccc(O)cc3CN)cc(NC3CCC3)n2)CC1. The van der Waals surface area contributed by atoms with Gasteiger partial charge in [0.05, 0.1) is 6.10 Å². The van der Waals surface area contributed by atoms with E-state index in [-0.39, 0.29) is 24.1 Å². The first-order chi connectivity index (χ1) is 17.8. The molecule has 2 fully saturated rings. The van der Waals surface area contributed by atoms with Gasteiger partial charge in [0, 0.05) is 57.8 Å². The number of aromatic nitrogens is 1. The van der Waals surface area contributed by atoms with Crippen molar-refractivity contribution in [1.29, 1.82) is 0 Å². The Bertz CT molecular complexity index is 1100. The van der Waals surface area contributed by atoms with E-state index in [1.54, 1.807) is 31.2 Å². The van der Waals surface area contributed by atoms with Crippen LogP contribution in [0.5, 0.6) is 5.75 Å². The number of rotatable bonds is 10.